The van der Waals surface area contributed by atoms with E-state index in [0.717, 1.165) is 38.2 Å². The van der Waals surface area contributed by atoms with Crippen LogP contribution < -0.4 is 5.32 Å². The van der Waals surface area contributed by atoms with E-state index in [9.17, 15) is 4.79 Å². The van der Waals surface area contributed by atoms with E-state index in [4.69, 9.17) is 0 Å². The summed E-state index contributed by atoms with van der Waals surface area (Å²) in [6, 6.07) is 0.511. The average Bonchev–Trinajstić information content (AvgIpc) is 2.85. The van der Waals surface area contributed by atoms with Crippen LogP contribution in [0, 0.1) is 5.92 Å². The van der Waals surface area contributed by atoms with Crippen molar-refractivity contribution in [1.29, 1.82) is 0 Å². The standard InChI is InChI=1S/C12H22N2OS/c1-2-14(11-5-8-16-9-11)12(15)10-3-6-13-7-4-10/h10-11,13H,2-9H2,1H3/t11-/m0/s1. The van der Waals surface area contributed by atoms with Crippen LogP contribution in [-0.2, 0) is 4.79 Å². The summed E-state index contributed by atoms with van der Waals surface area (Å²) in [5.74, 6) is 3.06. The number of hydrogen-bond acceptors (Lipinski definition) is 3. The van der Waals surface area contributed by atoms with Gasteiger partial charge in [0.15, 0.2) is 0 Å². The third-order valence-corrected chi connectivity index (χ3v) is 4.80. The van der Waals surface area contributed by atoms with Crippen molar-refractivity contribution in [2.75, 3.05) is 31.1 Å². The molecular formula is C12H22N2OS. The highest BCUT2D eigenvalue weighted by Crippen LogP contribution is 2.25. The van der Waals surface area contributed by atoms with Crippen molar-refractivity contribution < 1.29 is 4.79 Å². The zero-order valence-corrected chi connectivity index (χ0v) is 10.9. The molecule has 4 heteroatoms. The van der Waals surface area contributed by atoms with Gasteiger partial charge in [0.05, 0.1) is 0 Å². The second kappa shape index (κ2) is 5.92. The van der Waals surface area contributed by atoms with E-state index in [1.807, 2.05) is 11.8 Å². The summed E-state index contributed by atoms with van der Waals surface area (Å²) in [5.41, 5.74) is 0. The van der Waals surface area contributed by atoms with Crippen LogP contribution in [0.3, 0.4) is 0 Å². The van der Waals surface area contributed by atoms with Gasteiger partial charge in [0.25, 0.3) is 0 Å². The van der Waals surface area contributed by atoms with Crippen LogP contribution in [0.2, 0.25) is 0 Å². The number of piperidine rings is 1. The zero-order valence-electron chi connectivity index (χ0n) is 10.1. The highest BCUT2D eigenvalue weighted by atomic mass is 32.2. The minimum absolute atomic E-state index is 0.284. The molecule has 2 aliphatic heterocycles. The zero-order chi connectivity index (χ0) is 11.4. The summed E-state index contributed by atoms with van der Waals surface area (Å²) >= 11 is 1.98. The molecule has 92 valence electrons. The quantitative estimate of drug-likeness (QED) is 0.810. The number of carbonyl (C=O) groups is 1. The Bertz CT molecular complexity index is 235. The highest BCUT2D eigenvalue weighted by Gasteiger charge is 2.31. The summed E-state index contributed by atoms with van der Waals surface area (Å²) in [5, 5.41) is 3.32. The Labute approximate surface area is 102 Å². The van der Waals surface area contributed by atoms with Gasteiger partial charge in [0.1, 0.15) is 0 Å². The first-order valence-electron chi connectivity index (χ1n) is 6.42. The van der Waals surface area contributed by atoms with Crippen LogP contribution in [-0.4, -0.2) is 48.0 Å². The molecule has 2 aliphatic rings. The van der Waals surface area contributed by atoms with Gasteiger partial charge in [-0.1, -0.05) is 0 Å². The Kier molecular flexibility index (Phi) is 4.53. The van der Waals surface area contributed by atoms with Gasteiger partial charge < -0.3 is 10.2 Å². The van der Waals surface area contributed by atoms with Crippen molar-refractivity contribution >= 4 is 17.7 Å². The Morgan fingerprint density at radius 1 is 1.38 bits per heavy atom. The van der Waals surface area contributed by atoms with Crippen molar-refractivity contribution in [2.24, 2.45) is 5.92 Å². The molecule has 2 rings (SSSR count). The molecule has 2 saturated heterocycles. The summed E-state index contributed by atoms with van der Waals surface area (Å²) in [6.07, 6.45) is 3.24. The van der Waals surface area contributed by atoms with Crippen molar-refractivity contribution in [3.8, 4) is 0 Å². The molecule has 1 atom stereocenters. The van der Waals surface area contributed by atoms with Crippen LogP contribution in [0.15, 0.2) is 0 Å². The van der Waals surface area contributed by atoms with Crippen molar-refractivity contribution in [2.45, 2.75) is 32.2 Å². The molecule has 0 saturated carbocycles. The Morgan fingerprint density at radius 2 is 2.12 bits per heavy atom. The molecule has 0 aromatic heterocycles. The summed E-state index contributed by atoms with van der Waals surface area (Å²) in [4.78, 5) is 14.5. The van der Waals surface area contributed by atoms with Crippen LogP contribution in [0.4, 0.5) is 0 Å². The number of nitrogens with zero attached hydrogens (tertiary/aromatic N) is 1. The fraction of sp³-hybridized carbons (Fsp3) is 0.917. The average molecular weight is 242 g/mol. The minimum atomic E-state index is 0.284. The lowest BCUT2D eigenvalue weighted by Gasteiger charge is -2.32. The predicted octanol–water partition coefficient (Wildman–Crippen LogP) is 1.34. The van der Waals surface area contributed by atoms with Gasteiger partial charge in [-0.15, -0.1) is 0 Å². The van der Waals surface area contributed by atoms with Gasteiger partial charge in [0.2, 0.25) is 5.91 Å². The lowest BCUT2D eigenvalue weighted by Crippen LogP contribution is -2.46. The molecule has 0 bridgehead atoms. The molecule has 16 heavy (non-hydrogen) atoms. The van der Waals surface area contributed by atoms with Crippen LogP contribution in [0.5, 0.6) is 0 Å². The second-order valence-corrected chi connectivity index (χ2v) is 5.82. The van der Waals surface area contributed by atoms with Gasteiger partial charge in [-0.05, 0) is 45.0 Å². The maximum atomic E-state index is 12.4. The fourth-order valence-electron chi connectivity index (χ4n) is 2.67. The van der Waals surface area contributed by atoms with Crippen LogP contribution in [0.25, 0.3) is 0 Å². The minimum Gasteiger partial charge on any atom is -0.339 e. The molecule has 1 N–H and O–H groups in total. The molecule has 3 nitrogen and oxygen atoms in total. The van der Waals surface area contributed by atoms with Crippen molar-refractivity contribution in [1.82, 2.24) is 10.2 Å². The predicted molar refractivity (Wildman–Crippen MR) is 68.7 cm³/mol. The molecule has 0 unspecified atom stereocenters. The normalized spacial score (nSPS) is 26.9. The molecule has 2 heterocycles. The molecule has 0 aliphatic carbocycles. The SMILES string of the molecule is CCN(C(=O)C1CCNCC1)[C@H]1CCSC1. The van der Waals surface area contributed by atoms with E-state index in [1.165, 1.54) is 12.2 Å². The maximum absolute atomic E-state index is 12.4. The monoisotopic (exact) mass is 242 g/mol. The van der Waals surface area contributed by atoms with Gasteiger partial charge in [-0.3, -0.25) is 4.79 Å². The third-order valence-electron chi connectivity index (χ3n) is 3.66. The number of carbonyl (C=O) groups excluding carboxylic acids is 1. The van der Waals surface area contributed by atoms with E-state index in [0.29, 0.717) is 11.9 Å². The number of nitrogens with one attached hydrogen (secondary N) is 1. The molecule has 0 radical (unpaired) electrons. The molecule has 0 spiro atoms. The van der Waals surface area contributed by atoms with Gasteiger partial charge in [-0.25, -0.2) is 0 Å². The molecule has 0 aromatic carbocycles. The van der Waals surface area contributed by atoms with Gasteiger partial charge in [-0.2, -0.15) is 11.8 Å². The second-order valence-electron chi connectivity index (χ2n) is 4.67. The van der Waals surface area contributed by atoms with Gasteiger partial charge >= 0.3 is 0 Å². The fourth-order valence-corrected chi connectivity index (χ4v) is 3.89. The van der Waals surface area contributed by atoms with E-state index in [2.05, 4.69) is 17.1 Å². The first-order chi connectivity index (χ1) is 7.83. The summed E-state index contributed by atoms with van der Waals surface area (Å²) < 4.78 is 0. The van der Waals surface area contributed by atoms with E-state index in [1.54, 1.807) is 0 Å². The number of thioether (sulfide) groups is 1. The molecular weight excluding hydrogens is 220 g/mol. The summed E-state index contributed by atoms with van der Waals surface area (Å²) in [7, 11) is 0. The summed E-state index contributed by atoms with van der Waals surface area (Å²) in [6.45, 7) is 5.01. The smallest absolute Gasteiger partial charge is 0.226 e. The largest absolute Gasteiger partial charge is 0.339 e. The number of hydrogen-bond donors (Lipinski definition) is 1. The van der Waals surface area contributed by atoms with Crippen LogP contribution >= 0.6 is 11.8 Å². The Balaban J connectivity index is 1.93. The van der Waals surface area contributed by atoms with Crippen molar-refractivity contribution in [3.05, 3.63) is 0 Å². The number of amides is 1. The first-order valence-corrected chi connectivity index (χ1v) is 7.57. The van der Waals surface area contributed by atoms with E-state index < -0.39 is 0 Å². The third kappa shape index (κ3) is 2.72. The number of rotatable bonds is 3. The lowest BCUT2D eigenvalue weighted by molar-refractivity contribution is -0.138. The first kappa shape index (κ1) is 12.2. The molecule has 2 fully saturated rings. The van der Waals surface area contributed by atoms with E-state index >= 15 is 0 Å². The Morgan fingerprint density at radius 3 is 2.69 bits per heavy atom. The molecule has 1 amide bonds. The van der Waals surface area contributed by atoms with Crippen LogP contribution in [0.1, 0.15) is 26.2 Å². The topological polar surface area (TPSA) is 32.3 Å². The molecule has 0 aromatic rings. The van der Waals surface area contributed by atoms with E-state index in [-0.39, 0.29) is 5.92 Å². The Hall–Kier alpha value is -0.220. The maximum Gasteiger partial charge on any atom is 0.226 e. The highest BCUT2D eigenvalue weighted by molar-refractivity contribution is 7.99. The van der Waals surface area contributed by atoms with Crippen molar-refractivity contribution in [3.63, 3.8) is 0 Å². The van der Waals surface area contributed by atoms with Gasteiger partial charge in [0, 0.05) is 24.3 Å². The lowest BCUT2D eigenvalue weighted by atomic mass is 9.96.